The van der Waals surface area contributed by atoms with Crippen LogP contribution in [0.1, 0.15) is 50.2 Å². The molecule has 2 aromatic carbocycles. The minimum absolute atomic E-state index is 0.0592. The molecule has 7 nitrogen and oxygen atoms in total. The Kier molecular flexibility index (Phi) is 7.87. The van der Waals surface area contributed by atoms with Crippen LogP contribution in [-0.2, 0) is 14.3 Å². The van der Waals surface area contributed by atoms with E-state index in [4.69, 9.17) is 9.84 Å². The van der Waals surface area contributed by atoms with Gasteiger partial charge >= 0.3 is 12.1 Å². The molecule has 1 aliphatic carbocycles. The normalized spacial score (nSPS) is 13.1. The van der Waals surface area contributed by atoms with Crippen molar-refractivity contribution in [1.82, 2.24) is 10.2 Å². The number of aliphatic carboxylic acids is 1. The van der Waals surface area contributed by atoms with Crippen molar-refractivity contribution in [1.29, 1.82) is 0 Å². The summed E-state index contributed by atoms with van der Waals surface area (Å²) in [4.78, 5) is 37.8. The average molecular weight is 439 g/mol. The van der Waals surface area contributed by atoms with Crippen molar-refractivity contribution in [3.63, 3.8) is 0 Å². The second-order valence-electron chi connectivity index (χ2n) is 7.90. The van der Waals surface area contributed by atoms with E-state index in [1.807, 2.05) is 43.3 Å². The highest BCUT2D eigenvalue weighted by molar-refractivity contribution is 5.86. The molecular formula is C25H30N2O5. The van der Waals surface area contributed by atoms with Crippen LogP contribution in [0.2, 0.25) is 0 Å². The lowest BCUT2D eigenvalue weighted by Crippen LogP contribution is -2.49. The largest absolute Gasteiger partial charge is 0.481 e. The number of hydrogen-bond acceptors (Lipinski definition) is 4. The van der Waals surface area contributed by atoms with Crippen LogP contribution >= 0.6 is 0 Å². The topological polar surface area (TPSA) is 95.9 Å². The van der Waals surface area contributed by atoms with E-state index in [9.17, 15) is 14.4 Å². The molecule has 0 saturated carbocycles. The van der Waals surface area contributed by atoms with Crippen molar-refractivity contribution >= 4 is 18.0 Å². The second kappa shape index (κ2) is 10.8. The van der Waals surface area contributed by atoms with Crippen molar-refractivity contribution in [2.24, 2.45) is 0 Å². The van der Waals surface area contributed by atoms with Crippen molar-refractivity contribution in [3.8, 4) is 11.1 Å². The Morgan fingerprint density at radius 1 is 1.00 bits per heavy atom. The smallest absolute Gasteiger partial charge is 0.407 e. The summed E-state index contributed by atoms with van der Waals surface area (Å²) >= 11 is 0. The number of fused-ring (bicyclic) bond motifs is 3. The Balaban J connectivity index is 1.63. The Hall–Kier alpha value is -3.35. The minimum Gasteiger partial charge on any atom is -0.481 e. The molecule has 170 valence electrons. The number of carboxylic acids is 1. The fourth-order valence-corrected chi connectivity index (χ4v) is 4.17. The highest BCUT2D eigenvalue weighted by atomic mass is 16.5. The second-order valence-corrected chi connectivity index (χ2v) is 7.90. The number of ether oxygens (including phenoxy) is 1. The molecule has 2 amide bonds. The van der Waals surface area contributed by atoms with Gasteiger partial charge in [0, 0.05) is 19.0 Å². The number of nitrogens with one attached hydrogen (secondary N) is 1. The molecule has 0 spiro atoms. The van der Waals surface area contributed by atoms with Crippen LogP contribution in [-0.4, -0.2) is 53.7 Å². The van der Waals surface area contributed by atoms with Gasteiger partial charge in [-0.1, -0.05) is 62.4 Å². The zero-order chi connectivity index (χ0) is 23.1. The lowest BCUT2D eigenvalue weighted by atomic mass is 9.98. The molecule has 0 aliphatic heterocycles. The maximum Gasteiger partial charge on any atom is 0.407 e. The van der Waals surface area contributed by atoms with E-state index >= 15 is 0 Å². The number of amides is 2. The molecule has 1 atom stereocenters. The Labute approximate surface area is 188 Å². The van der Waals surface area contributed by atoms with Gasteiger partial charge in [-0.2, -0.15) is 0 Å². The van der Waals surface area contributed by atoms with E-state index in [2.05, 4.69) is 17.4 Å². The lowest BCUT2D eigenvalue weighted by Gasteiger charge is -2.26. The number of carbonyl (C=O) groups excluding carboxylic acids is 2. The zero-order valence-electron chi connectivity index (χ0n) is 18.5. The standard InChI is InChI=1S/C25H30N2O5/c1-3-14-27(15-13-23(28)29)24(30)22(4-2)26-25(31)32-16-21-19-11-7-5-9-17(19)18-10-6-8-12-20(18)21/h5-12,21-22H,3-4,13-16H2,1-2H3,(H,26,31)(H,28,29)/t22-/m1/s1. The molecule has 0 saturated heterocycles. The van der Waals surface area contributed by atoms with Gasteiger partial charge in [0.1, 0.15) is 12.6 Å². The molecule has 2 aromatic rings. The van der Waals surface area contributed by atoms with E-state index in [0.29, 0.717) is 19.4 Å². The lowest BCUT2D eigenvalue weighted by molar-refractivity contribution is -0.139. The highest BCUT2D eigenvalue weighted by Gasteiger charge is 2.30. The SMILES string of the molecule is CCCN(CCC(=O)O)C(=O)[C@@H](CC)NC(=O)OCC1c2ccccc2-c2ccccc21. The number of carbonyl (C=O) groups is 3. The van der Waals surface area contributed by atoms with Gasteiger partial charge in [-0.15, -0.1) is 0 Å². The van der Waals surface area contributed by atoms with E-state index in [-0.39, 0.29) is 31.4 Å². The summed E-state index contributed by atoms with van der Waals surface area (Å²) in [6, 6.07) is 15.4. The summed E-state index contributed by atoms with van der Waals surface area (Å²) in [5.74, 6) is -1.31. The predicted molar refractivity (Wildman–Crippen MR) is 121 cm³/mol. The fraction of sp³-hybridized carbons (Fsp3) is 0.400. The molecule has 1 aliphatic rings. The van der Waals surface area contributed by atoms with Crippen LogP contribution in [0.15, 0.2) is 48.5 Å². The molecule has 3 rings (SSSR count). The quantitative estimate of drug-likeness (QED) is 0.584. The van der Waals surface area contributed by atoms with E-state index in [1.165, 1.54) is 4.90 Å². The first-order chi connectivity index (χ1) is 15.5. The monoisotopic (exact) mass is 438 g/mol. The van der Waals surface area contributed by atoms with Gasteiger partial charge in [0.15, 0.2) is 0 Å². The summed E-state index contributed by atoms with van der Waals surface area (Å²) in [6.45, 7) is 4.44. The maximum atomic E-state index is 12.9. The Morgan fingerprint density at radius 3 is 2.12 bits per heavy atom. The third kappa shape index (κ3) is 5.28. The van der Waals surface area contributed by atoms with Crippen LogP contribution in [0.5, 0.6) is 0 Å². The van der Waals surface area contributed by atoms with Crippen molar-refractivity contribution in [3.05, 3.63) is 59.7 Å². The number of benzene rings is 2. The van der Waals surface area contributed by atoms with Gasteiger partial charge in [-0.25, -0.2) is 4.79 Å². The summed E-state index contributed by atoms with van der Waals surface area (Å²) < 4.78 is 5.55. The molecule has 0 heterocycles. The third-order valence-electron chi connectivity index (χ3n) is 5.74. The molecule has 0 radical (unpaired) electrons. The maximum absolute atomic E-state index is 12.9. The van der Waals surface area contributed by atoms with Gasteiger partial charge in [-0.05, 0) is 35.1 Å². The molecular weight excluding hydrogens is 408 g/mol. The van der Waals surface area contributed by atoms with Crippen molar-refractivity contribution in [2.75, 3.05) is 19.7 Å². The summed E-state index contributed by atoms with van der Waals surface area (Å²) in [7, 11) is 0. The average Bonchev–Trinajstić information content (AvgIpc) is 3.12. The van der Waals surface area contributed by atoms with Crippen LogP contribution in [0.3, 0.4) is 0 Å². The summed E-state index contributed by atoms with van der Waals surface area (Å²) in [6.07, 6.45) is 0.303. The van der Waals surface area contributed by atoms with Crippen molar-refractivity contribution < 1.29 is 24.2 Å². The molecule has 0 aromatic heterocycles. The Morgan fingerprint density at radius 2 is 1.59 bits per heavy atom. The minimum atomic E-state index is -0.962. The van der Waals surface area contributed by atoms with E-state index < -0.39 is 18.1 Å². The van der Waals surface area contributed by atoms with Crippen LogP contribution in [0.25, 0.3) is 11.1 Å². The fourth-order valence-electron chi connectivity index (χ4n) is 4.17. The molecule has 32 heavy (non-hydrogen) atoms. The van der Waals surface area contributed by atoms with Gasteiger partial charge < -0.3 is 20.1 Å². The molecule has 7 heteroatoms. The van der Waals surface area contributed by atoms with E-state index in [1.54, 1.807) is 6.92 Å². The first-order valence-electron chi connectivity index (χ1n) is 11.1. The van der Waals surface area contributed by atoms with E-state index in [0.717, 1.165) is 22.3 Å². The number of rotatable bonds is 10. The Bertz CT molecular complexity index is 929. The highest BCUT2D eigenvalue weighted by Crippen LogP contribution is 2.44. The number of carboxylic acid groups (broad SMARTS) is 1. The third-order valence-corrected chi connectivity index (χ3v) is 5.74. The number of alkyl carbamates (subject to hydrolysis) is 1. The molecule has 0 fully saturated rings. The molecule has 2 N–H and O–H groups in total. The first kappa shape index (κ1) is 23.3. The zero-order valence-corrected chi connectivity index (χ0v) is 18.5. The van der Waals surface area contributed by atoms with Crippen LogP contribution in [0.4, 0.5) is 4.79 Å². The first-order valence-corrected chi connectivity index (χ1v) is 11.1. The predicted octanol–water partition coefficient (Wildman–Crippen LogP) is 4.02. The molecule has 0 bridgehead atoms. The van der Waals surface area contributed by atoms with Gasteiger partial charge in [-0.3, -0.25) is 9.59 Å². The summed E-state index contributed by atoms with van der Waals surface area (Å²) in [5.41, 5.74) is 4.53. The van der Waals surface area contributed by atoms with Gasteiger partial charge in [0.2, 0.25) is 5.91 Å². The number of nitrogens with zero attached hydrogens (tertiary/aromatic N) is 1. The molecule has 0 unspecified atom stereocenters. The van der Waals surface area contributed by atoms with Crippen molar-refractivity contribution in [2.45, 2.75) is 45.1 Å². The van der Waals surface area contributed by atoms with Gasteiger partial charge in [0.25, 0.3) is 0 Å². The van der Waals surface area contributed by atoms with Crippen LogP contribution < -0.4 is 5.32 Å². The number of hydrogen-bond donors (Lipinski definition) is 2. The van der Waals surface area contributed by atoms with Gasteiger partial charge in [0.05, 0.1) is 6.42 Å². The van der Waals surface area contributed by atoms with Crippen LogP contribution in [0, 0.1) is 0 Å². The summed E-state index contributed by atoms with van der Waals surface area (Å²) in [5, 5.41) is 11.6.